The quantitative estimate of drug-likeness (QED) is 0.863. The summed E-state index contributed by atoms with van der Waals surface area (Å²) in [6.45, 7) is 2.04. The highest BCUT2D eigenvalue weighted by molar-refractivity contribution is 7.12. The number of pyridine rings is 1. The fourth-order valence-corrected chi connectivity index (χ4v) is 4.68. The lowest BCUT2D eigenvalue weighted by Crippen LogP contribution is -2.49. The van der Waals surface area contributed by atoms with Crippen molar-refractivity contribution in [1.82, 2.24) is 9.88 Å². The van der Waals surface area contributed by atoms with E-state index in [0.717, 1.165) is 36.3 Å². The minimum Gasteiger partial charge on any atom is -0.489 e. The van der Waals surface area contributed by atoms with E-state index in [2.05, 4.69) is 9.88 Å². The van der Waals surface area contributed by atoms with Gasteiger partial charge in [0, 0.05) is 31.1 Å². The van der Waals surface area contributed by atoms with Crippen LogP contribution in [0.25, 0.3) is 0 Å². The summed E-state index contributed by atoms with van der Waals surface area (Å²) in [4.78, 5) is 19.9. The fourth-order valence-electron chi connectivity index (χ4n) is 3.83. The molecule has 0 aromatic carbocycles. The van der Waals surface area contributed by atoms with Gasteiger partial charge >= 0.3 is 0 Å². The second-order valence-corrected chi connectivity index (χ2v) is 7.40. The van der Waals surface area contributed by atoms with Gasteiger partial charge in [-0.25, -0.2) is 0 Å². The number of aromatic nitrogens is 1. The molecule has 0 saturated carbocycles. The Kier molecular flexibility index (Phi) is 3.81. The Morgan fingerprint density at radius 1 is 1.35 bits per heavy atom. The van der Waals surface area contributed by atoms with Crippen molar-refractivity contribution in [3.8, 4) is 5.75 Å². The molecule has 2 aliphatic rings. The van der Waals surface area contributed by atoms with Gasteiger partial charge in [0.15, 0.2) is 0 Å². The summed E-state index contributed by atoms with van der Waals surface area (Å²) in [5.41, 5.74) is 1.17. The predicted octanol–water partition coefficient (Wildman–Crippen LogP) is 3.67. The van der Waals surface area contributed by atoms with Gasteiger partial charge in [0.25, 0.3) is 5.91 Å². The van der Waals surface area contributed by atoms with Crippen molar-refractivity contribution in [1.29, 1.82) is 0 Å². The van der Waals surface area contributed by atoms with Crippen LogP contribution in [0.3, 0.4) is 0 Å². The van der Waals surface area contributed by atoms with E-state index in [1.54, 1.807) is 23.7 Å². The number of fused-ring (bicyclic) bond motifs is 2. The molecule has 0 radical (unpaired) electrons. The number of amides is 1. The van der Waals surface area contributed by atoms with Crippen LogP contribution in [0.4, 0.5) is 0 Å². The zero-order valence-electron chi connectivity index (χ0n) is 13.1. The molecule has 0 spiro atoms. The van der Waals surface area contributed by atoms with Crippen molar-refractivity contribution in [2.24, 2.45) is 0 Å². The van der Waals surface area contributed by atoms with Gasteiger partial charge in [-0.2, -0.15) is 0 Å². The summed E-state index contributed by atoms with van der Waals surface area (Å²) in [6, 6.07) is 6.46. The van der Waals surface area contributed by atoms with E-state index < -0.39 is 0 Å². The van der Waals surface area contributed by atoms with Crippen molar-refractivity contribution in [2.45, 2.75) is 50.8 Å². The van der Waals surface area contributed by atoms with Crippen molar-refractivity contribution < 1.29 is 9.53 Å². The van der Waals surface area contributed by atoms with Gasteiger partial charge in [-0.05, 0) is 48.9 Å². The molecular weight excluding hydrogens is 308 g/mol. The number of piperidine rings is 1. The maximum absolute atomic E-state index is 12.8. The zero-order chi connectivity index (χ0) is 15.8. The predicted molar refractivity (Wildman–Crippen MR) is 89.9 cm³/mol. The average molecular weight is 328 g/mol. The maximum Gasteiger partial charge on any atom is 0.264 e. The number of nitrogens with zero attached hydrogens (tertiary/aromatic N) is 2. The van der Waals surface area contributed by atoms with Gasteiger partial charge < -0.3 is 9.64 Å². The van der Waals surface area contributed by atoms with Crippen LogP contribution < -0.4 is 4.74 Å². The number of thiophene rings is 1. The highest BCUT2D eigenvalue weighted by Gasteiger charge is 2.44. The lowest BCUT2D eigenvalue weighted by molar-refractivity contribution is 0.0362. The minimum atomic E-state index is 0.186. The van der Waals surface area contributed by atoms with Gasteiger partial charge in [0.2, 0.25) is 0 Å². The maximum atomic E-state index is 12.8. The Balaban J connectivity index is 1.47. The molecule has 1 amide bonds. The lowest BCUT2D eigenvalue weighted by atomic mass is 9.99. The van der Waals surface area contributed by atoms with E-state index in [1.807, 2.05) is 30.5 Å². The normalized spacial score (nSPS) is 26.3. The number of rotatable bonds is 3. The van der Waals surface area contributed by atoms with Gasteiger partial charge in [0.1, 0.15) is 11.9 Å². The molecule has 0 N–H and O–H groups in total. The summed E-state index contributed by atoms with van der Waals surface area (Å²) < 4.78 is 6.08. The Labute approximate surface area is 140 Å². The minimum absolute atomic E-state index is 0.186. The summed E-state index contributed by atoms with van der Waals surface area (Å²) >= 11 is 1.56. The molecule has 0 aliphatic carbocycles. The first-order chi connectivity index (χ1) is 11.2. The first-order valence-corrected chi connectivity index (χ1v) is 9.03. The van der Waals surface area contributed by atoms with Crippen LogP contribution in [-0.4, -0.2) is 34.0 Å². The first kappa shape index (κ1) is 14.7. The van der Waals surface area contributed by atoms with E-state index >= 15 is 0 Å². The number of hydrogen-bond donors (Lipinski definition) is 0. The third-order valence-corrected chi connectivity index (χ3v) is 5.84. The summed E-state index contributed by atoms with van der Waals surface area (Å²) in [5, 5.41) is 2.05. The van der Waals surface area contributed by atoms with Crippen LogP contribution in [0.2, 0.25) is 0 Å². The molecule has 2 fully saturated rings. The van der Waals surface area contributed by atoms with E-state index in [1.165, 1.54) is 5.56 Å². The van der Waals surface area contributed by atoms with Gasteiger partial charge in [0.05, 0.1) is 11.1 Å². The number of aryl methyl sites for hydroxylation is 1. The standard InChI is InChI=1S/C18H20N2O2S/c1-12-7-17(23-11-12)18(21)20-13-4-5-14(20)9-16(8-13)22-15-3-2-6-19-10-15/h2-3,6-7,10-11,13-14,16H,4-5,8-9H2,1H3/t13-,14-/m0/s1. The van der Waals surface area contributed by atoms with Crippen LogP contribution in [0, 0.1) is 6.92 Å². The van der Waals surface area contributed by atoms with E-state index in [9.17, 15) is 4.79 Å². The molecule has 4 rings (SSSR count). The highest BCUT2D eigenvalue weighted by Crippen LogP contribution is 2.38. The molecule has 2 aromatic rings. The van der Waals surface area contributed by atoms with Crippen molar-refractivity contribution in [3.63, 3.8) is 0 Å². The van der Waals surface area contributed by atoms with Crippen LogP contribution in [0.1, 0.15) is 40.9 Å². The summed E-state index contributed by atoms with van der Waals surface area (Å²) in [7, 11) is 0. The summed E-state index contributed by atoms with van der Waals surface area (Å²) in [5.74, 6) is 1.03. The number of hydrogen-bond acceptors (Lipinski definition) is 4. The average Bonchev–Trinajstić information content (AvgIpc) is 3.10. The third kappa shape index (κ3) is 2.85. The Hall–Kier alpha value is -1.88. The van der Waals surface area contributed by atoms with E-state index in [0.29, 0.717) is 12.1 Å². The number of carbonyl (C=O) groups is 1. The first-order valence-electron chi connectivity index (χ1n) is 8.15. The Morgan fingerprint density at radius 3 is 2.74 bits per heavy atom. The molecule has 23 heavy (non-hydrogen) atoms. The van der Waals surface area contributed by atoms with E-state index in [4.69, 9.17) is 4.74 Å². The van der Waals surface area contributed by atoms with E-state index in [-0.39, 0.29) is 12.0 Å². The van der Waals surface area contributed by atoms with Crippen molar-refractivity contribution >= 4 is 17.2 Å². The fraction of sp³-hybridized carbons (Fsp3) is 0.444. The van der Waals surface area contributed by atoms with Crippen LogP contribution in [-0.2, 0) is 0 Å². The molecule has 2 bridgehead atoms. The zero-order valence-corrected chi connectivity index (χ0v) is 14.0. The molecule has 2 aliphatic heterocycles. The molecule has 120 valence electrons. The van der Waals surface area contributed by atoms with Gasteiger partial charge in [-0.3, -0.25) is 9.78 Å². The van der Waals surface area contributed by atoms with Crippen molar-refractivity contribution in [2.75, 3.05) is 0 Å². The summed E-state index contributed by atoms with van der Waals surface area (Å²) in [6.07, 6.45) is 7.71. The third-order valence-electron chi connectivity index (χ3n) is 4.80. The molecule has 4 nitrogen and oxygen atoms in total. The smallest absolute Gasteiger partial charge is 0.264 e. The second kappa shape index (κ2) is 5.96. The van der Waals surface area contributed by atoms with Crippen molar-refractivity contribution in [3.05, 3.63) is 46.4 Å². The largest absolute Gasteiger partial charge is 0.489 e. The molecule has 4 heterocycles. The Morgan fingerprint density at radius 2 is 2.13 bits per heavy atom. The molecule has 2 aromatic heterocycles. The molecule has 0 unspecified atom stereocenters. The number of carbonyl (C=O) groups excluding carboxylic acids is 1. The molecule has 2 atom stereocenters. The SMILES string of the molecule is Cc1csc(C(=O)N2[C@H]3CC[C@H]2CC(Oc2cccnc2)C3)c1. The highest BCUT2D eigenvalue weighted by atomic mass is 32.1. The molecule has 2 saturated heterocycles. The molecular formula is C18H20N2O2S. The van der Waals surface area contributed by atoms with Gasteiger partial charge in [-0.1, -0.05) is 0 Å². The van der Waals surface area contributed by atoms with Crippen LogP contribution >= 0.6 is 11.3 Å². The number of ether oxygens (including phenoxy) is 1. The van der Waals surface area contributed by atoms with Crippen LogP contribution in [0.15, 0.2) is 36.0 Å². The van der Waals surface area contributed by atoms with Gasteiger partial charge in [-0.15, -0.1) is 11.3 Å². The lowest BCUT2D eigenvalue weighted by Gasteiger charge is -2.38. The Bertz CT molecular complexity index is 686. The monoisotopic (exact) mass is 328 g/mol. The molecule has 5 heteroatoms. The topological polar surface area (TPSA) is 42.4 Å². The second-order valence-electron chi connectivity index (χ2n) is 6.49. The van der Waals surface area contributed by atoms with Crippen LogP contribution in [0.5, 0.6) is 5.75 Å².